The Hall–Kier alpha value is -2.33. The monoisotopic (exact) mass is 540 g/mol. The first kappa shape index (κ1) is 26.7. The number of hydrogen-bond donors (Lipinski definition) is 2. The SMILES string of the molecule is CCNC(=NCc1ccc(OCCOC)cc1)NCc1ccc(C(=O)N(C)C)cc1.I. The van der Waals surface area contributed by atoms with Gasteiger partial charge < -0.3 is 25.0 Å². The van der Waals surface area contributed by atoms with Crippen LogP contribution in [0.2, 0.25) is 0 Å². The summed E-state index contributed by atoms with van der Waals surface area (Å²) in [4.78, 5) is 18.2. The minimum atomic E-state index is -0.000439. The third kappa shape index (κ3) is 9.56. The number of carbonyl (C=O) groups excluding carboxylic acids is 1. The van der Waals surface area contributed by atoms with E-state index in [2.05, 4.69) is 15.6 Å². The Morgan fingerprint density at radius 3 is 2.19 bits per heavy atom. The van der Waals surface area contributed by atoms with E-state index in [0.29, 0.717) is 31.9 Å². The predicted octanol–water partition coefficient (Wildman–Crippen LogP) is 3.29. The second kappa shape index (κ2) is 14.6. The van der Waals surface area contributed by atoms with Gasteiger partial charge in [-0.2, -0.15) is 0 Å². The van der Waals surface area contributed by atoms with Gasteiger partial charge in [0.1, 0.15) is 12.4 Å². The summed E-state index contributed by atoms with van der Waals surface area (Å²) in [6.45, 7) is 5.09. The molecule has 0 radical (unpaired) electrons. The zero-order chi connectivity index (χ0) is 21.8. The van der Waals surface area contributed by atoms with E-state index in [9.17, 15) is 4.79 Å². The number of carbonyl (C=O) groups is 1. The topological polar surface area (TPSA) is 75.2 Å². The number of nitrogens with one attached hydrogen (secondary N) is 2. The van der Waals surface area contributed by atoms with Gasteiger partial charge in [-0.3, -0.25) is 4.79 Å². The quantitative estimate of drug-likeness (QED) is 0.210. The van der Waals surface area contributed by atoms with Gasteiger partial charge in [0.05, 0.1) is 13.2 Å². The lowest BCUT2D eigenvalue weighted by Gasteiger charge is -2.13. The van der Waals surface area contributed by atoms with Gasteiger partial charge in [-0.15, -0.1) is 24.0 Å². The predicted molar refractivity (Wildman–Crippen MR) is 135 cm³/mol. The average Bonchev–Trinajstić information content (AvgIpc) is 2.76. The molecular weight excluding hydrogens is 507 g/mol. The zero-order valence-corrected chi connectivity index (χ0v) is 21.0. The van der Waals surface area contributed by atoms with Crippen LogP contribution >= 0.6 is 24.0 Å². The van der Waals surface area contributed by atoms with Crippen LogP contribution < -0.4 is 15.4 Å². The van der Waals surface area contributed by atoms with Gasteiger partial charge in [0.25, 0.3) is 5.91 Å². The molecule has 0 heterocycles. The summed E-state index contributed by atoms with van der Waals surface area (Å²) >= 11 is 0. The third-order valence-corrected chi connectivity index (χ3v) is 4.31. The van der Waals surface area contributed by atoms with Gasteiger partial charge in [-0.25, -0.2) is 4.99 Å². The molecule has 31 heavy (non-hydrogen) atoms. The van der Waals surface area contributed by atoms with E-state index in [1.807, 2.05) is 55.5 Å². The lowest BCUT2D eigenvalue weighted by molar-refractivity contribution is 0.0827. The van der Waals surface area contributed by atoms with E-state index in [-0.39, 0.29) is 29.9 Å². The highest BCUT2D eigenvalue weighted by Gasteiger charge is 2.07. The molecule has 0 bridgehead atoms. The smallest absolute Gasteiger partial charge is 0.253 e. The number of aliphatic imine (C=N–C) groups is 1. The molecule has 0 aliphatic rings. The van der Waals surface area contributed by atoms with Gasteiger partial charge >= 0.3 is 0 Å². The number of nitrogens with zero attached hydrogens (tertiary/aromatic N) is 2. The Bertz CT molecular complexity index is 809. The van der Waals surface area contributed by atoms with Gasteiger partial charge in [-0.1, -0.05) is 24.3 Å². The van der Waals surface area contributed by atoms with E-state index in [4.69, 9.17) is 9.47 Å². The highest BCUT2D eigenvalue weighted by molar-refractivity contribution is 14.0. The second-order valence-electron chi connectivity index (χ2n) is 6.93. The van der Waals surface area contributed by atoms with Crippen molar-refractivity contribution in [2.45, 2.75) is 20.0 Å². The molecule has 7 nitrogen and oxygen atoms in total. The first-order chi connectivity index (χ1) is 14.5. The van der Waals surface area contributed by atoms with Crippen molar-refractivity contribution in [1.82, 2.24) is 15.5 Å². The number of rotatable bonds is 10. The fourth-order valence-electron chi connectivity index (χ4n) is 2.66. The number of guanidine groups is 1. The number of hydrogen-bond acceptors (Lipinski definition) is 4. The fraction of sp³-hybridized carbons (Fsp3) is 0.391. The van der Waals surface area contributed by atoms with Crippen LogP contribution in [0.25, 0.3) is 0 Å². The Balaban J connectivity index is 0.00000480. The largest absolute Gasteiger partial charge is 0.491 e. The van der Waals surface area contributed by atoms with Crippen molar-refractivity contribution in [3.8, 4) is 5.75 Å². The summed E-state index contributed by atoms with van der Waals surface area (Å²) in [6, 6.07) is 15.5. The highest BCUT2D eigenvalue weighted by Crippen LogP contribution is 2.13. The maximum atomic E-state index is 12.0. The van der Waals surface area contributed by atoms with E-state index in [1.165, 1.54) is 0 Å². The van der Waals surface area contributed by atoms with Crippen molar-refractivity contribution in [3.05, 3.63) is 65.2 Å². The Kier molecular flexibility index (Phi) is 12.6. The van der Waals surface area contributed by atoms with Crippen molar-refractivity contribution in [2.24, 2.45) is 4.99 Å². The van der Waals surface area contributed by atoms with Crippen LogP contribution in [0.1, 0.15) is 28.4 Å². The molecule has 2 aromatic rings. The molecule has 2 aromatic carbocycles. The summed E-state index contributed by atoms with van der Waals surface area (Å²) in [5, 5.41) is 6.58. The molecule has 0 saturated heterocycles. The summed E-state index contributed by atoms with van der Waals surface area (Å²) in [7, 11) is 5.15. The molecule has 0 aliphatic heterocycles. The summed E-state index contributed by atoms with van der Waals surface area (Å²) in [5.41, 5.74) is 2.85. The Labute approximate surface area is 202 Å². The second-order valence-corrected chi connectivity index (χ2v) is 6.93. The van der Waals surface area contributed by atoms with Gasteiger partial charge in [0.15, 0.2) is 5.96 Å². The third-order valence-electron chi connectivity index (χ3n) is 4.31. The standard InChI is InChI=1S/C23H32N4O3.HI/c1-5-24-23(25-16-18-6-10-20(11-7-18)22(28)27(2)3)26-17-19-8-12-21(13-9-19)30-15-14-29-4;/h6-13H,5,14-17H2,1-4H3,(H2,24,25,26);1H. The first-order valence-corrected chi connectivity index (χ1v) is 10.1. The van der Waals surface area contributed by atoms with Gasteiger partial charge in [-0.05, 0) is 42.3 Å². The van der Waals surface area contributed by atoms with E-state index in [1.54, 1.807) is 26.1 Å². The molecule has 0 aromatic heterocycles. The van der Waals surface area contributed by atoms with E-state index in [0.717, 1.165) is 29.4 Å². The Morgan fingerprint density at radius 2 is 1.61 bits per heavy atom. The lowest BCUT2D eigenvalue weighted by atomic mass is 10.1. The van der Waals surface area contributed by atoms with Gasteiger partial charge in [0, 0.05) is 39.9 Å². The first-order valence-electron chi connectivity index (χ1n) is 10.1. The molecule has 0 unspecified atom stereocenters. The van der Waals surface area contributed by atoms with Crippen LogP contribution in [0.4, 0.5) is 0 Å². The highest BCUT2D eigenvalue weighted by atomic mass is 127. The van der Waals surface area contributed by atoms with Crippen molar-refractivity contribution in [1.29, 1.82) is 0 Å². The van der Waals surface area contributed by atoms with Crippen LogP contribution in [0.5, 0.6) is 5.75 Å². The molecule has 0 saturated carbocycles. The molecule has 0 spiro atoms. The molecule has 8 heteroatoms. The number of halogens is 1. The minimum Gasteiger partial charge on any atom is -0.491 e. The van der Waals surface area contributed by atoms with Crippen LogP contribution in [-0.2, 0) is 17.8 Å². The maximum Gasteiger partial charge on any atom is 0.253 e. The number of amides is 1. The molecule has 0 aliphatic carbocycles. The number of benzene rings is 2. The molecule has 170 valence electrons. The van der Waals surface area contributed by atoms with Crippen molar-refractivity contribution in [2.75, 3.05) is 41.0 Å². The van der Waals surface area contributed by atoms with E-state index >= 15 is 0 Å². The van der Waals surface area contributed by atoms with Crippen LogP contribution in [0.3, 0.4) is 0 Å². The Morgan fingerprint density at radius 1 is 0.968 bits per heavy atom. The van der Waals surface area contributed by atoms with Crippen LogP contribution in [0, 0.1) is 0 Å². The lowest BCUT2D eigenvalue weighted by Crippen LogP contribution is -2.36. The maximum absolute atomic E-state index is 12.0. The van der Waals surface area contributed by atoms with E-state index < -0.39 is 0 Å². The normalized spacial score (nSPS) is 10.8. The fourth-order valence-corrected chi connectivity index (χ4v) is 2.66. The number of methoxy groups -OCH3 is 1. The zero-order valence-electron chi connectivity index (χ0n) is 18.7. The van der Waals surface area contributed by atoms with Crippen LogP contribution in [-0.4, -0.2) is 57.7 Å². The molecule has 1 amide bonds. The van der Waals surface area contributed by atoms with Crippen molar-refractivity contribution < 1.29 is 14.3 Å². The molecule has 2 rings (SSSR count). The number of ether oxygens (including phenoxy) is 2. The summed E-state index contributed by atoms with van der Waals surface area (Å²) in [6.07, 6.45) is 0. The average molecular weight is 540 g/mol. The summed E-state index contributed by atoms with van der Waals surface area (Å²) in [5.74, 6) is 1.56. The summed E-state index contributed by atoms with van der Waals surface area (Å²) < 4.78 is 10.6. The van der Waals surface area contributed by atoms with Crippen LogP contribution in [0.15, 0.2) is 53.5 Å². The van der Waals surface area contributed by atoms with Crippen molar-refractivity contribution >= 4 is 35.8 Å². The molecule has 0 atom stereocenters. The minimum absolute atomic E-state index is 0. The molecule has 2 N–H and O–H groups in total. The van der Waals surface area contributed by atoms with Gasteiger partial charge in [0.2, 0.25) is 0 Å². The molecular formula is C23H33IN4O3. The van der Waals surface area contributed by atoms with Crippen molar-refractivity contribution in [3.63, 3.8) is 0 Å². The molecule has 0 fully saturated rings.